The highest BCUT2D eigenvalue weighted by Gasteiger charge is 2.17. The lowest BCUT2D eigenvalue weighted by Gasteiger charge is -2.18. The number of ether oxygens (including phenoxy) is 3. The second-order valence-electron chi connectivity index (χ2n) is 21.0. The van der Waals surface area contributed by atoms with Gasteiger partial charge < -0.3 is 14.2 Å². The second kappa shape index (κ2) is 61.2. The first-order valence-electron chi connectivity index (χ1n) is 31.2. The van der Waals surface area contributed by atoms with E-state index in [1.807, 2.05) is 0 Å². The molecule has 0 amide bonds. The van der Waals surface area contributed by atoms with E-state index >= 15 is 0 Å². The van der Waals surface area contributed by atoms with Gasteiger partial charge >= 0.3 is 11.9 Å². The summed E-state index contributed by atoms with van der Waals surface area (Å²) in [6.07, 6.45) is 77.1. The van der Waals surface area contributed by atoms with E-state index in [2.05, 4.69) is 69.4 Å². The van der Waals surface area contributed by atoms with E-state index in [1.54, 1.807) is 0 Å². The molecule has 0 N–H and O–H groups in total. The summed E-state index contributed by atoms with van der Waals surface area (Å²) in [5.74, 6) is -0.395. The van der Waals surface area contributed by atoms with Crippen LogP contribution in [0, 0.1) is 0 Å². The zero-order chi connectivity index (χ0) is 50.6. The highest BCUT2D eigenvalue weighted by molar-refractivity contribution is 5.70. The van der Waals surface area contributed by atoms with Crippen LogP contribution in [0.5, 0.6) is 0 Å². The van der Waals surface area contributed by atoms with E-state index in [1.165, 1.54) is 238 Å². The summed E-state index contributed by atoms with van der Waals surface area (Å²) in [6.45, 7) is 7.85. The highest BCUT2D eigenvalue weighted by Crippen LogP contribution is 2.16. The number of carbonyl (C=O) groups excluding carboxylic acids is 2. The minimum absolute atomic E-state index is 0.0818. The smallest absolute Gasteiger partial charge is 0.306 e. The van der Waals surface area contributed by atoms with Crippen molar-refractivity contribution in [3.63, 3.8) is 0 Å². The predicted octanol–water partition coefficient (Wildman–Crippen LogP) is 21.5. The van der Waals surface area contributed by atoms with Crippen molar-refractivity contribution in [2.45, 2.75) is 335 Å². The van der Waals surface area contributed by atoms with Crippen LogP contribution in [-0.4, -0.2) is 37.9 Å². The number of esters is 2. The number of rotatable bonds is 58. The Balaban J connectivity index is 4.27. The average Bonchev–Trinajstić information content (AvgIpc) is 3.36. The monoisotopic (exact) mass is 981 g/mol. The second-order valence-corrected chi connectivity index (χ2v) is 21.0. The van der Waals surface area contributed by atoms with Gasteiger partial charge in [-0.3, -0.25) is 9.59 Å². The minimum atomic E-state index is -0.541. The van der Waals surface area contributed by atoms with Crippen molar-refractivity contribution in [3.05, 3.63) is 48.6 Å². The molecule has 0 aliphatic heterocycles. The Morgan fingerprint density at radius 3 is 1.00 bits per heavy atom. The topological polar surface area (TPSA) is 61.8 Å². The van der Waals surface area contributed by atoms with E-state index < -0.39 is 6.10 Å². The maximum atomic E-state index is 12.9. The molecule has 0 aromatic rings. The van der Waals surface area contributed by atoms with Crippen LogP contribution < -0.4 is 0 Å². The van der Waals surface area contributed by atoms with E-state index in [0.717, 1.165) is 57.8 Å². The third kappa shape index (κ3) is 58.4. The summed E-state index contributed by atoms with van der Waals surface area (Å²) in [4.78, 5) is 25.6. The third-order valence-electron chi connectivity index (χ3n) is 13.8. The molecule has 1 atom stereocenters. The predicted molar refractivity (Wildman–Crippen MR) is 307 cm³/mol. The summed E-state index contributed by atoms with van der Waals surface area (Å²) in [5.41, 5.74) is 0. The fourth-order valence-corrected chi connectivity index (χ4v) is 9.16. The molecule has 0 aliphatic carbocycles. The van der Waals surface area contributed by atoms with Gasteiger partial charge in [0.15, 0.2) is 6.10 Å². The Labute approximate surface area is 437 Å². The SMILES string of the molecule is CCCCC/C=C\C/C=C\C/C=C\CCCCCCCCC(=O)OCC(COCCCCCCCCCCCCCCCCCC)OC(=O)CCCCCCCCCCC/C=C\CCCCCCCC. The summed E-state index contributed by atoms with van der Waals surface area (Å²) in [7, 11) is 0. The van der Waals surface area contributed by atoms with Gasteiger partial charge in [-0.25, -0.2) is 0 Å². The Kier molecular flexibility index (Phi) is 59.3. The molecule has 0 radical (unpaired) electrons. The van der Waals surface area contributed by atoms with Crippen LogP contribution in [0.2, 0.25) is 0 Å². The minimum Gasteiger partial charge on any atom is -0.462 e. The quantitative estimate of drug-likeness (QED) is 0.0345. The zero-order valence-corrected chi connectivity index (χ0v) is 47.3. The zero-order valence-electron chi connectivity index (χ0n) is 47.3. The molecular weight excluding hydrogens is 861 g/mol. The molecule has 0 saturated carbocycles. The maximum absolute atomic E-state index is 12.9. The summed E-state index contributed by atoms with van der Waals surface area (Å²) in [5, 5.41) is 0. The van der Waals surface area contributed by atoms with Gasteiger partial charge in [0.1, 0.15) is 6.61 Å². The molecule has 0 heterocycles. The fourth-order valence-electron chi connectivity index (χ4n) is 9.16. The van der Waals surface area contributed by atoms with E-state index in [4.69, 9.17) is 14.2 Å². The maximum Gasteiger partial charge on any atom is 0.306 e. The summed E-state index contributed by atoms with van der Waals surface area (Å²) < 4.78 is 17.5. The van der Waals surface area contributed by atoms with E-state index in [9.17, 15) is 9.59 Å². The van der Waals surface area contributed by atoms with Gasteiger partial charge in [-0.2, -0.15) is 0 Å². The van der Waals surface area contributed by atoms with Gasteiger partial charge in [0.25, 0.3) is 0 Å². The van der Waals surface area contributed by atoms with Crippen LogP contribution in [0.4, 0.5) is 0 Å². The van der Waals surface area contributed by atoms with Crippen molar-refractivity contribution in [1.29, 1.82) is 0 Å². The fraction of sp³-hybridized carbons (Fsp3) is 0.846. The molecule has 0 saturated heterocycles. The molecular formula is C65H120O5. The first kappa shape index (κ1) is 67.9. The standard InChI is InChI=1S/C65H120O5/c1-4-7-10-13-16-19-22-25-28-31-33-35-37-40-43-46-49-52-55-58-64(66)69-62-63(61-68-60-57-54-51-48-45-42-39-30-27-24-21-18-15-12-9-6-3)70-65(67)59-56-53-50-47-44-41-38-36-34-32-29-26-23-20-17-14-11-8-5-2/h16,19,25-26,28-29,33,35,63H,4-15,17-18,20-24,27,30-32,34,36-62H2,1-3H3/b19-16-,28-25-,29-26-,35-33-. The molecule has 5 nitrogen and oxygen atoms in total. The third-order valence-corrected chi connectivity index (χ3v) is 13.8. The highest BCUT2D eigenvalue weighted by atomic mass is 16.6. The average molecular weight is 982 g/mol. The van der Waals surface area contributed by atoms with Gasteiger partial charge in [0, 0.05) is 19.4 Å². The Morgan fingerprint density at radius 1 is 0.314 bits per heavy atom. The van der Waals surface area contributed by atoms with Crippen molar-refractivity contribution >= 4 is 11.9 Å². The van der Waals surface area contributed by atoms with Crippen LogP contribution in [0.1, 0.15) is 329 Å². The first-order chi connectivity index (χ1) is 34.6. The van der Waals surface area contributed by atoms with Gasteiger partial charge in [0.2, 0.25) is 0 Å². The van der Waals surface area contributed by atoms with Crippen molar-refractivity contribution in [2.75, 3.05) is 19.8 Å². The molecule has 0 rings (SSSR count). The van der Waals surface area contributed by atoms with Crippen molar-refractivity contribution in [3.8, 4) is 0 Å². The van der Waals surface area contributed by atoms with Gasteiger partial charge in [-0.15, -0.1) is 0 Å². The Morgan fingerprint density at radius 2 is 0.600 bits per heavy atom. The number of unbranched alkanes of at least 4 members (excludes halogenated alkanes) is 39. The molecule has 0 aliphatic rings. The van der Waals surface area contributed by atoms with Gasteiger partial charge in [0.05, 0.1) is 6.61 Å². The normalized spacial score (nSPS) is 12.4. The molecule has 410 valence electrons. The molecule has 70 heavy (non-hydrogen) atoms. The molecule has 0 aromatic carbocycles. The molecule has 1 unspecified atom stereocenters. The number of allylic oxidation sites excluding steroid dienone is 8. The van der Waals surface area contributed by atoms with Crippen LogP contribution >= 0.6 is 0 Å². The number of hydrogen-bond acceptors (Lipinski definition) is 5. The van der Waals surface area contributed by atoms with Crippen LogP contribution in [0.3, 0.4) is 0 Å². The molecule has 0 bridgehead atoms. The number of hydrogen-bond donors (Lipinski definition) is 0. The summed E-state index contributed by atoms with van der Waals surface area (Å²) >= 11 is 0. The molecule has 0 fully saturated rings. The molecule has 0 spiro atoms. The Bertz CT molecular complexity index is 1150. The number of carbonyl (C=O) groups is 2. The largest absolute Gasteiger partial charge is 0.462 e. The lowest BCUT2D eigenvalue weighted by atomic mass is 10.0. The van der Waals surface area contributed by atoms with Crippen molar-refractivity contribution < 1.29 is 23.8 Å². The molecule has 0 aromatic heterocycles. The van der Waals surface area contributed by atoms with Gasteiger partial charge in [-0.05, 0) is 83.5 Å². The van der Waals surface area contributed by atoms with Crippen LogP contribution in [-0.2, 0) is 23.8 Å². The lowest BCUT2D eigenvalue weighted by Crippen LogP contribution is -2.30. The van der Waals surface area contributed by atoms with Crippen molar-refractivity contribution in [2.24, 2.45) is 0 Å². The van der Waals surface area contributed by atoms with E-state index in [-0.39, 0.29) is 25.2 Å². The summed E-state index contributed by atoms with van der Waals surface area (Å²) in [6, 6.07) is 0. The van der Waals surface area contributed by atoms with Crippen LogP contribution in [0.25, 0.3) is 0 Å². The lowest BCUT2D eigenvalue weighted by molar-refractivity contribution is -0.163. The van der Waals surface area contributed by atoms with Gasteiger partial charge in [-0.1, -0.05) is 281 Å². The van der Waals surface area contributed by atoms with Crippen molar-refractivity contribution in [1.82, 2.24) is 0 Å². The Hall–Kier alpha value is -2.14. The van der Waals surface area contributed by atoms with E-state index in [0.29, 0.717) is 19.4 Å². The first-order valence-corrected chi connectivity index (χ1v) is 31.2. The van der Waals surface area contributed by atoms with Crippen LogP contribution in [0.15, 0.2) is 48.6 Å². The molecule has 5 heteroatoms.